The number of nitrogens with one attached hydrogen (secondary N) is 2. The van der Waals surface area contributed by atoms with E-state index in [1.165, 1.54) is 19.3 Å². The van der Waals surface area contributed by atoms with Crippen molar-refractivity contribution in [3.63, 3.8) is 0 Å². The SMILES string of the molecule is O=C(Nc1ccc2c(c1)nc1n2CCCCC1)C1CC(O)CN1. The Morgan fingerprint density at radius 3 is 3.09 bits per heavy atom. The Morgan fingerprint density at radius 2 is 2.26 bits per heavy atom. The lowest BCUT2D eigenvalue weighted by molar-refractivity contribution is -0.117. The van der Waals surface area contributed by atoms with Gasteiger partial charge in [0, 0.05) is 25.2 Å². The predicted molar refractivity (Wildman–Crippen MR) is 88.3 cm³/mol. The van der Waals surface area contributed by atoms with Gasteiger partial charge in [-0.3, -0.25) is 4.79 Å². The molecule has 2 aliphatic heterocycles. The predicted octanol–water partition coefficient (Wildman–Crippen LogP) is 1.42. The number of fused-ring (bicyclic) bond motifs is 3. The Labute approximate surface area is 134 Å². The van der Waals surface area contributed by atoms with Crippen molar-refractivity contribution in [1.29, 1.82) is 0 Å². The highest BCUT2D eigenvalue weighted by Crippen LogP contribution is 2.24. The molecule has 2 aliphatic rings. The van der Waals surface area contributed by atoms with Crippen molar-refractivity contribution in [1.82, 2.24) is 14.9 Å². The lowest BCUT2D eigenvalue weighted by Crippen LogP contribution is -2.35. The molecule has 2 unspecified atom stereocenters. The van der Waals surface area contributed by atoms with Crippen molar-refractivity contribution >= 4 is 22.6 Å². The summed E-state index contributed by atoms with van der Waals surface area (Å²) in [6, 6.07) is 5.61. The first kappa shape index (κ1) is 14.7. The second-order valence-electron chi connectivity index (χ2n) is 6.53. The van der Waals surface area contributed by atoms with Crippen molar-refractivity contribution in [3.05, 3.63) is 24.0 Å². The molecule has 23 heavy (non-hydrogen) atoms. The molecule has 0 spiro atoms. The number of anilines is 1. The van der Waals surface area contributed by atoms with E-state index in [1.807, 2.05) is 18.2 Å². The highest BCUT2D eigenvalue weighted by Gasteiger charge is 2.28. The maximum atomic E-state index is 12.2. The average molecular weight is 314 g/mol. The van der Waals surface area contributed by atoms with Crippen LogP contribution in [0.15, 0.2) is 18.2 Å². The van der Waals surface area contributed by atoms with Gasteiger partial charge in [-0.25, -0.2) is 4.98 Å². The van der Waals surface area contributed by atoms with Crippen LogP contribution in [0.2, 0.25) is 0 Å². The van der Waals surface area contributed by atoms with Crippen LogP contribution in [-0.2, 0) is 17.8 Å². The third-order valence-corrected chi connectivity index (χ3v) is 4.80. The molecule has 1 amide bonds. The molecule has 4 rings (SSSR count). The van der Waals surface area contributed by atoms with Crippen LogP contribution < -0.4 is 10.6 Å². The molecule has 2 atom stereocenters. The van der Waals surface area contributed by atoms with E-state index in [1.54, 1.807) is 0 Å². The van der Waals surface area contributed by atoms with Crippen molar-refractivity contribution in [2.75, 3.05) is 11.9 Å². The fraction of sp³-hybridized carbons (Fsp3) is 0.529. The summed E-state index contributed by atoms with van der Waals surface area (Å²) >= 11 is 0. The van der Waals surface area contributed by atoms with Crippen molar-refractivity contribution < 1.29 is 9.90 Å². The molecule has 1 saturated heterocycles. The summed E-state index contributed by atoms with van der Waals surface area (Å²) in [7, 11) is 0. The summed E-state index contributed by atoms with van der Waals surface area (Å²) in [6.45, 7) is 1.51. The molecule has 1 aromatic heterocycles. The number of carbonyl (C=O) groups excluding carboxylic acids is 1. The number of imidazole rings is 1. The minimum Gasteiger partial charge on any atom is -0.392 e. The maximum absolute atomic E-state index is 12.2. The number of aliphatic hydroxyl groups excluding tert-OH is 1. The fourth-order valence-corrected chi connectivity index (χ4v) is 3.57. The summed E-state index contributed by atoms with van der Waals surface area (Å²) < 4.78 is 2.31. The lowest BCUT2D eigenvalue weighted by atomic mass is 10.2. The zero-order valence-electron chi connectivity index (χ0n) is 13.1. The number of amides is 1. The Bertz CT molecular complexity index is 740. The molecule has 6 heteroatoms. The van der Waals surface area contributed by atoms with Gasteiger partial charge < -0.3 is 20.3 Å². The number of hydrogen-bond donors (Lipinski definition) is 3. The van der Waals surface area contributed by atoms with Gasteiger partial charge in [-0.1, -0.05) is 6.42 Å². The molecule has 122 valence electrons. The van der Waals surface area contributed by atoms with Crippen molar-refractivity contribution in [2.45, 2.75) is 50.8 Å². The number of aryl methyl sites for hydroxylation is 2. The van der Waals surface area contributed by atoms with E-state index in [0.29, 0.717) is 13.0 Å². The monoisotopic (exact) mass is 314 g/mol. The molecule has 6 nitrogen and oxygen atoms in total. The van der Waals surface area contributed by atoms with Crippen LogP contribution in [0.5, 0.6) is 0 Å². The van der Waals surface area contributed by atoms with Gasteiger partial charge >= 0.3 is 0 Å². The average Bonchev–Trinajstić information content (AvgIpc) is 3.03. The smallest absolute Gasteiger partial charge is 0.241 e. The first-order valence-corrected chi connectivity index (χ1v) is 8.42. The zero-order chi connectivity index (χ0) is 15.8. The summed E-state index contributed by atoms with van der Waals surface area (Å²) in [5.41, 5.74) is 2.85. The van der Waals surface area contributed by atoms with Gasteiger partial charge in [0.05, 0.1) is 23.2 Å². The summed E-state index contributed by atoms with van der Waals surface area (Å²) in [4.78, 5) is 17.0. The van der Waals surface area contributed by atoms with E-state index in [2.05, 4.69) is 15.2 Å². The molecular formula is C17H22N4O2. The van der Waals surface area contributed by atoms with E-state index >= 15 is 0 Å². The van der Waals surface area contributed by atoms with Gasteiger partial charge in [-0.15, -0.1) is 0 Å². The van der Waals surface area contributed by atoms with Crippen LogP contribution in [0.3, 0.4) is 0 Å². The molecule has 1 fully saturated rings. The largest absolute Gasteiger partial charge is 0.392 e. The molecular weight excluding hydrogens is 292 g/mol. The number of rotatable bonds is 2. The summed E-state index contributed by atoms with van der Waals surface area (Å²) in [5, 5.41) is 15.5. The van der Waals surface area contributed by atoms with Gasteiger partial charge in [0.1, 0.15) is 5.82 Å². The lowest BCUT2D eigenvalue weighted by Gasteiger charge is -2.11. The van der Waals surface area contributed by atoms with E-state index in [9.17, 15) is 9.90 Å². The van der Waals surface area contributed by atoms with Gasteiger partial charge in [0.15, 0.2) is 0 Å². The van der Waals surface area contributed by atoms with Crippen molar-refractivity contribution in [2.24, 2.45) is 0 Å². The number of carbonyl (C=O) groups is 1. The van der Waals surface area contributed by atoms with Gasteiger partial charge in [-0.2, -0.15) is 0 Å². The van der Waals surface area contributed by atoms with E-state index < -0.39 is 6.10 Å². The first-order chi connectivity index (χ1) is 11.2. The Balaban J connectivity index is 1.56. The van der Waals surface area contributed by atoms with E-state index in [-0.39, 0.29) is 11.9 Å². The molecule has 3 heterocycles. The molecule has 0 bridgehead atoms. The Morgan fingerprint density at radius 1 is 1.35 bits per heavy atom. The van der Waals surface area contributed by atoms with Gasteiger partial charge in [0.25, 0.3) is 0 Å². The molecule has 0 saturated carbocycles. The second kappa shape index (κ2) is 5.94. The minimum absolute atomic E-state index is 0.0957. The van der Waals surface area contributed by atoms with Crippen LogP contribution >= 0.6 is 0 Å². The van der Waals surface area contributed by atoms with Crippen LogP contribution in [0.4, 0.5) is 5.69 Å². The van der Waals surface area contributed by atoms with Gasteiger partial charge in [0.2, 0.25) is 5.91 Å². The number of benzene rings is 1. The van der Waals surface area contributed by atoms with Crippen LogP contribution in [-0.4, -0.2) is 39.3 Å². The number of aromatic nitrogens is 2. The Hall–Kier alpha value is -1.92. The van der Waals surface area contributed by atoms with E-state index in [4.69, 9.17) is 4.98 Å². The maximum Gasteiger partial charge on any atom is 0.241 e. The first-order valence-electron chi connectivity index (χ1n) is 8.42. The van der Waals surface area contributed by atoms with Crippen molar-refractivity contribution in [3.8, 4) is 0 Å². The topological polar surface area (TPSA) is 79.2 Å². The third kappa shape index (κ3) is 2.84. The quantitative estimate of drug-likeness (QED) is 0.783. The van der Waals surface area contributed by atoms with Crippen LogP contribution in [0.1, 0.15) is 31.5 Å². The summed E-state index contributed by atoms with van der Waals surface area (Å²) in [5.74, 6) is 1.06. The third-order valence-electron chi connectivity index (χ3n) is 4.80. The second-order valence-corrected chi connectivity index (χ2v) is 6.53. The highest BCUT2D eigenvalue weighted by molar-refractivity contribution is 5.96. The molecule has 2 aromatic rings. The standard InChI is InChI=1S/C17H22N4O2/c22-12-9-14(18-10-12)17(23)19-11-5-6-15-13(8-11)20-16-4-2-1-3-7-21(15)16/h5-6,8,12,14,18,22H,1-4,7,9-10H2,(H,19,23). The molecule has 0 radical (unpaired) electrons. The summed E-state index contributed by atoms with van der Waals surface area (Å²) in [6.07, 6.45) is 4.72. The number of hydrogen-bond acceptors (Lipinski definition) is 4. The van der Waals surface area contributed by atoms with E-state index in [0.717, 1.165) is 35.5 Å². The molecule has 1 aromatic carbocycles. The number of β-amino-alcohol motifs (C(OH)–C–C–N with tert-alkyl or cyclic N) is 1. The van der Waals surface area contributed by atoms with Gasteiger partial charge in [-0.05, 0) is 37.5 Å². The molecule has 3 N–H and O–H groups in total. The minimum atomic E-state index is -0.433. The Kier molecular flexibility index (Phi) is 3.79. The van der Waals surface area contributed by atoms with Crippen LogP contribution in [0.25, 0.3) is 11.0 Å². The van der Waals surface area contributed by atoms with Crippen LogP contribution in [0, 0.1) is 0 Å². The normalized spacial score (nSPS) is 24.4. The number of aliphatic hydroxyl groups is 1. The number of nitrogens with zero attached hydrogens (tertiary/aromatic N) is 2. The zero-order valence-corrected chi connectivity index (χ0v) is 13.1. The molecule has 0 aliphatic carbocycles. The fourth-order valence-electron chi connectivity index (χ4n) is 3.57. The highest BCUT2D eigenvalue weighted by atomic mass is 16.3.